The van der Waals surface area contributed by atoms with Crippen LogP contribution < -0.4 is 0 Å². The monoisotopic (exact) mass is 576 g/mol. The molecule has 7 nitrogen and oxygen atoms in total. The number of halogens is 2. The standard InChI is InChI=1S/C21H10BrIN2O5/c22-13-7-12(8-14(23)9-13)20(28)30-21(29)16-6-4-11-2-1-10-3-5-15(19(26)27)24-17(10)18(11)25-16/h1-9H,(H,26,27). The van der Waals surface area contributed by atoms with Crippen LogP contribution in [0, 0.1) is 3.57 Å². The predicted octanol–water partition coefficient (Wildman–Crippen LogP) is 4.85. The normalized spacial score (nSPS) is 10.9. The number of hydrogen-bond acceptors (Lipinski definition) is 6. The summed E-state index contributed by atoms with van der Waals surface area (Å²) in [5.74, 6) is -2.88. The van der Waals surface area contributed by atoms with E-state index in [0.717, 1.165) is 3.57 Å². The molecule has 0 fully saturated rings. The molecule has 4 rings (SSSR count). The minimum atomic E-state index is -1.17. The Hall–Kier alpha value is -2.92. The summed E-state index contributed by atoms with van der Waals surface area (Å²) in [6.07, 6.45) is 0. The Balaban J connectivity index is 1.72. The fraction of sp³-hybridized carbons (Fsp3) is 0. The Morgan fingerprint density at radius 1 is 0.833 bits per heavy atom. The summed E-state index contributed by atoms with van der Waals surface area (Å²) < 4.78 is 6.46. The third-order valence-corrected chi connectivity index (χ3v) is 5.31. The first-order valence-corrected chi connectivity index (χ1v) is 10.4. The van der Waals surface area contributed by atoms with Crippen molar-refractivity contribution in [3.63, 3.8) is 0 Å². The molecule has 30 heavy (non-hydrogen) atoms. The number of carbonyl (C=O) groups is 3. The number of carboxylic acid groups (broad SMARTS) is 1. The number of fused-ring (bicyclic) bond motifs is 3. The number of rotatable bonds is 3. The topological polar surface area (TPSA) is 106 Å². The quantitative estimate of drug-likeness (QED) is 0.161. The maximum absolute atomic E-state index is 12.5. The van der Waals surface area contributed by atoms with Crippen LogP contribution >= 0.6 is 38.5 Å². The van der Waals surface area contributed by atoms with E-state index in [1.54, 1.807) is 36.4 Å². The molecule has 0 spiro atoms. The van der Waals surface area contributed by atoms with E-state index in [-0.39, 0.29) is 17.0 Å². The van der Waals surface area contributed by atoms with Gasteiger partial charge in [-0.2, -0.15) is 0 Å². The first kappa shape index (κ1) is 20.4. The number of hydrogen-bond donors (Lipinski definition) is 1. The molecule has 0 aliphatic rings. The Bertz CT molecular complexity index is 1350. The highest BCUT2D eigenvalue weighted by Gasteiger charge is 2.18. The van der Waals surface area contributed by atoms with Crippen molar-refractivity contribution in [3.05, 3.63) is 79.6 Å². The summed E-state index contributed by atoms with van der Waals surface area (Å²) in [6, 6.07) is 14.6. The van der Waals surface area contributed by atoms with Crippen molar-refractivity contribution in [2.45, 2.75) is 0 Å². The molecule has 0 atom stereocenters. The van der Waals surface area contributed by atoms with E-state index in [1.807, 2.05) is 6.07 Å². The van der Waals surface area contributed by atoms with Gasteiger partial charge in [0.1, 0.15) is 11.4 Å². The van der Waals surface area contributed by atoms with Gasteiger partial charge in [-0.3, -0.25) is 0 Å². The molecule has 9 heteroatoms. The van der Waals surface area contributed by atoms with Gasteiger partial charge in [0, 0.05) is 18.8 Å². The first-order valence-electron chi connectivity index (χ1n) is 8.48. The fourth-order valence-electron chi connectivity index (χ4n) is 2.87. The van der Waals surface area contributed by atoms with Crippen molar-refractivity contribution in [3.8, 4) is 0 Å². The molecule has 2 heterocycles. The summed E-state index contributed by atoms with van der Waals surface area (Å²) in [4.78, 5) is 44.6. The van der Waals surface area contributed by atoms with Crippen molar-refractivity contribution < 1.29 is 24.2 Å². The Labute approximate surface area is 191 Å². The van der Waals surface area contributed by atoms with Crippen molar-refractivity contribution >= 4 is 78.2 Å². The number of ether oxygens (including phenoxy) is 1. The number of aromatic carboxylic acids is 1. The molecular formula is C21H10BrIN2O5. The second kappa shape index (κ2) is 8.07. The smallest absolute Gasteiger partial charge is 0.364 e. The summed E-state index contributed by atoms with van der Waals surface area (Å²) in [6.45, 7) is 0. The molecule has 0 aliphatic carbocycles. The maximum atomic E-state index is 12.5. The van der Waals surface area contributed by atoms with Crippen LogP contribution in [0.1, 0.15) is 31.3 Å². The van der Waals surface area contributed by atoms with Gasteiger partial charge in [0.15, 0.2) is 0 Å². The highest BCUT2D eigenvalue weighted by atomic mass is 127. The molecule has 2 aromatic heterocycles. The number of nitrogens with zero attached hydrogens (tertiary/aromatic N) is 2. The fourth-order valence-corrected chi connectivity index (χ4v) is 4.46. The average Bonchev–Trinajstić information content (AvgIpc) is 2.72. The van der Waals surface area contributed by atoms with Crippen molar-refractivity contribution in [2.24, 2.45) is 0 Å². The van der Waals surface area contributed by atoms with Crippen LogP contribution in [0.3, 0.4) is 0 Å². The first-order chi connectivity index (χ1) is 14.3. The number of pyridine rings is 2. The molecule has 0 aliphatic heterocycles. The van der Waals surface area contributed by atoms with E-state index in [9.17, 15) is 19.5 Å². The molecular weight excluding hydrogens is 567 g/mol. The van der Waals surface area contributed by atoms with Gasteiger partial charge in [0.25, 0.3) is 0 Å². The van der Waals surface area contributed by atoms with Crippen LogP contribution in [-0.2, 0) is 4.74 Å². The molecule has 1 N–H and O–H groups in total. The van der Waals surface area contributed by atoms with Crippen LogP contribution in [0.25, 0.3) is 21.8 Å². The molecule has 0 unspecified atom stereocenters. The maximum Gasteiger partial charge on any atom is 0.364 e. The SMILES string of the molecule is O=C(OC(=O)c1ccc2ccc3ccc(C(=O)O)nc3c2n1)c1cc(Br)cc(I)c1. The average molecular weight is 577 g/mol. The van der Waals surface area contributed by atoms with E-state index in [2.05, 4.69) is 48.5 Å². The number of carboxylic acids is 1. The van der Waals surface area contributed by atoms with Crippen LogP contribution in [0.2, 0.25) is 0 Å². The minimum Gasteiger partial charge on any atom is -0.477 e. The van der Waals surface area contributed by atoms with Crippen LogP contribution in [0.4, 0.5) is 0 Å². The van der Waals surface area contributed by atoms with Gasteiger partial charge in [0.05, 0.1) is 16.6 Å². The van der Waals surface area contributed by atoms with Gasteiger partial charge in [-0.15, -0.1) is 0 Å². The Kier molecular flexibility index (Phi) is 5.48. The lowest BCUT2D eigenvalue weighted by Gasteiger charge is -2.07. The predicted molar refractivity (Wildman–Crippen MR) is 121 cm³/mol. The third-order valence-electron chi connectivity index (χ3n) is 4.23. The number of aromatic nitrogens is 2. The molecule has 0 saturated heterocycles. The van der Waals surface area contributed by atoms with Crippen molar-refractivity contribution in [1.82, 2.24) is 9.97 Å². The zero-order valence-corrected chi connectivity index (χ0v) is 18.7. The van der Waals surface area contributed by atoms with Gasteiger partial charge in [-0.25, -0.2) is 24.4 Å². The summed E-state index contributed by atoms with van der Waals surface area (Å²) in [5, 5.41) is 10.5. The lowest BCUT2D eigenvalue weighted by atomic mass is 10.1. The van der Waals surface area contributed by atoms with E-state index >= 15 is 0 Å². The molecule has 0 radical (unpaired) electrons. The second-order valence-electron chi connectivity index (χ2n) is 6.24. The van der Waals surface area contributed by atoms with Crippen LogP contribution in [0.5, 0.6) is 0 Å². The van der Waals surface area contributed by atoms with E-state index in [1.165, 1.54) is 12.1 Å². The summed E-state index contributed by atoms with van der Waals surface area (Å²) in [5.41, 5.74) is 0.686. The van der Waals surface area contributed by atoms with Gasteiger partial charge >= 0.3 is 17.9 Å². The summed E-state index contributed by atoms with van der Waals surface area (Å²) >= 11 is 5.35. The van der Waals surface area contributed by atoms with E-state index < -0.39 is 17.9 Å². The molecule has 0 bridgehead atoms. The largest absolute Gasteiger partial charge is 0.477 e. The lowest BCUT2D eigenvalue weighted by Crippen LogP contribution is -2.14. The highest BCUT2D eigenvalue weighted by Crippen LogP contribution is 2.24. The second-order valence-corrected chi connectivity index (χ2v) is 8.40. The molecule has 2 aromatic carbocycles. The van der Waals surface area contributed by atoms with Crippen LogP contribution in [-0.4, -0.2) is 33.0 Å². The number of esters is 2. The molecule has 4 aromatic rings. The Morgan fingerprint density at radius 2 is 1.40 bits per heavy atom. The molecule has 0 amide bonds. The highest BCUT2D eigenvalue weighted by molar-refractivity contribution is 14.1. The Morgan fingerprint density at radius 3 is 2.00 bits per heavy atom. The van der Waals surface area contributed by atoms with Crippen molar-refractivity contribution in [2.75, 3.05) is 0 Å². The van der Waals surface area contributed by atoms with E-state index in [0.29, 0.717) is 26.3 Å². The van der Waals surface area contributed by atoms with Gasteiger partial charge in [-0.1, -0.05) is 40.2 Å². The number of carbonyl (C=O) groups excluding carboxylic acids is 2. The zero-order chi connectivity index (χ0) is 21.4. The molecule has 0 saturated carbocycles. The van der Waals surface area contributed by atoms with E-state index in [4.69, 9.17) is 4.74 Å². The third kappa shape index (κ3) is 4.03. The minimum absolute atomic E-state index is 0.0874. The van der Waals surface area contributed by atoms with Crippen molar-refractivity contribution in [1.29, 1.82) is 0 Å². The van der Waals surface area contributed by atoms with Crippen LogP contribution in [0.15, 0.2) is 59.1 Å². The number of benzene rings is 2. The zero-order valence-electron chi connectivity index (χ0n) is 14.9. The summed E-state index contributed by atoms with van der Waals surface area (Å²) in [7, 11) is 0. The lowest BCUT2D eigenvalue weighted by molar-refractivity contribution is 0.0393. The van der Waals surface area contributed by atoms with Gasteiger partial charge in [0.2, 0.25) is 0 Å². The molecule has 148 valence electrons. The van der Waals surface area contributed by atoms with Gasteiger partial charge in [-0.05, 0) is 52.9 Å². The van der Waals surface area contributed by atoms with Gasteiger partial charge < -0.3 is 9.84 Å².